The molecule has 2 aliphatic rings. The van der Waals surface area contributed by atoms with Crippen LogP contribution in [0.1, 0.15) is 22.1 Å². The molecule has 1 amide bonds. The summed E-state index contributed by atoms with van der Waals surface area (Å²) in [5, 5.41) is 15.6. The molecule has 33 heavy (non-hydrogen) atoms. The normalized spacial score (nSPS) is 18.5. The van der Waals surface area contributed by atoms with Gasteiger partial charge in [-0.25, -0.2) is 13.4 Å². The van der Waals surface area contributed by atoms with Crippen LogP contribution in [0.15, 0.2) is 47.5 Å². The van der Waals surface area contributed by atoms with Gasteiger partial charge in [0, 0.05) is 31.4 Å². The number of ether oxygens (including phenoxy) is 1. The van der Waals surface area contributed by atoms with Crippen LogP contribution in [-0.2, 0) is 26.0 Å². The molecule has 1 aromatic carbocycles. The van der Waals surface area contributed by atoms with Gasteiger partial charge in [0.1, 0.15) is 10.8 Å². The maximum absolute atomic E-state index is 12.9. The molecule has 0 spiro atoms. The van der Waals surface area contributed by atoms with Crippen molar-refractivity contribution in [2.24, 2.45) is 0 Å². The highest BCUT2D eigenvalue weighted by Gasteiger charge is 2.28. The highest BCUT2D eigenvalue weighted by Crippen LogP contribution is 2.36. The van der Waals surface area contributed by atoms with E-state index < -0.39 is 10.0 Å². The van der Waals surface area contributed by atoms with E-state index in [9.17, 15) is 13.2 Å². The molecule has 5 rings (SSSR count). The fraction of sp³-hybridized carbons (Fsp3) is 0.333. The number of sulfonamides is 1. The number of rotatable bonds is 6. The van der Waals surface area contributed by atoms with Crippen LogP contribution in [0.4, 0.5) is 10.9 Å². The van der Waals surface area contributed by atoms with Crippen molar-refractivity contribution in [3.8, 4) is 0 Å². The molecule has 1 saturated heterocycles. The first-order valence-corrected chi connectivity index (χ1v) is 12.8. The molecule has 10 nitrogen and oxygen atoms in total. The topological polar surface area (TPSA) is 126 Å². The minimum Gasteiger partial charge on any atom is -0.379 e. The summed E-state index contributed by atoms with van der Waals surface area (Å²) in [5.41, 5.74) is 1.66. The van der Waals surface area contributed by atoms with Crippen molar-refractivity contribution >= 4 is 38.2 Å². The van der Waals surface area contributed by atoms with Gasteiger partial charge in [-0.15, -0.1) is 10.2 Å². The predicted molar refractivity (Wildman–Crippen MR) is 123 cm³/mol. The third-order valence-corrected chi connectivity index (χ3v) is 8.39. The van der Waals surface area contributed by atoms with Crippen LogP contribution in [0, 0.1) is 0 Å². The van der Waals surface area contributed by atoms with Crippen molar-refractivity contribution in [1.82, 2.24) is 19.5 Å². The molecule has 2 N–H and O–H groups in total. The lowest BCUT2D eigenvalue weighted by Gasteiger charge is -2.26. The van der Waals surface area contributed by atoms with Crippen molar-refractivity contribution in [2.45, 2.75) is 17.2 Å². The van der Waals surface area contributed by atoms with Crippen molar-refractivity contribution in [1.29, 1.82) is 0 Å². The number of anilines is 2. The average molecular weight is 487 g/mol. The number of carbonyl (C=O) groups excluding carboxylic acids is 1. The molecule has 0 bridgehead atoms. The smallest absolute Gasteiger partial charge is 0.243 e. The van der Waals surface area contributed by atoms with Gasteiger partial charge in [0.25, 0.3) is 0 Å². The van der Waals surface area contributed by atoms with Crippen molar-refractivity contribution in [3.05, 3.63) is 58.7 Å². The van der Waals surface area contributed by atoms with Crippen LogP contribution in [0.25, 0.3) is 0 Å². The number of nitrogens with zero attached hydrogens (tertiary/aromatic N) is 4. The molecular formula is C21H22N6O4S2. The molecule has 0 aliphatic carbocycles. The number of benzene rings is 1. The first kappa shape index (κ1) is 21.9. The minimum atomic E-state index is -3.62. The molecule has 2 aliphatic heterocycles. The second-order valence-corrected chi connectivity index (χ2v) is 10.7. The quantitative estimate of drug-likeness (QED) is 0.539. The van der Waals surface area contributed by atoms with Gasteiger partial charge in [-0.2, -0.15) is 4.31 Å². The summed E-state index contributed by atoms with van der Waals surface area (Å²) in [5.74, 6) is 0.597. The number of hydrogen-bond acceptors (Lipinski definition) is 9. The molecule has 12 heteroatoms. The van der Waals surface area contributed by atoms with E-state index in [1.54, 1.807) is 30.5 Å². The van der Waals surface area contributed by atoms with Gasteiger partial charge >= 0.3 is 0 Å². The molecule has 1 atom stereocenters. The lowest BCUT2D eigenvalue weighted by atomic mass is 10.0. The third kappa shape index (κ3) is 4.60. The van der Waals surface area contributed by atoms with Crippen LogP contribution < -0.4 is 10.6 Å². The van der Waals surface area contributed by atoms with E-state index in [0.29, 0.717) is 43.5 Å². The molecule has 0 radical (unpaired) electrons. The zero-order valence-corrected chi connectivity index (χ0v) is 19.2. The molecule has 4 heterocycles. The van der Waals surface area contributed by atoms with Crippen LogP contribution in [0.5, 0.6) is 0 Å². The van der Waals surface area contributed by atoms with Gasteiger partial charge in [0.05, 0.1) is 30.4 Å². The molecule has 3 aromatic rings. The van der Waals surface area contributed by atoms with Crippen LogP contribution in [0.2, 0.25) is 0 Å². The Labute approximate surface area is 195 Å². The number of hydrogen-bond donors (Lipinski definition) is 2. The Balaban J connectivity index is 1.25. The second-order valence-electron chi connectivity index (χ2n) is 7.71. The van der Waals surface area contributed by atoms with E-state index in [0.717, 1.165) is 16.4 Å². The summed E-state index contributed by atoms with van der Waals surface area (Å²) in [4.78, 5) is 17.1. The van der Waals surface area contributed by atoms with Gasteiger partial charge in [0.2, 0.25) is 21.1 Å². The lowest BCUT2D eigenvalue weighted by Crippen LogP contribution is -2.40. The largest absolute Gasteiger partial charge is 0.379 e. The summed E-state index contributed by atoms with van der Waals surface area (Å²) >= 11 is 1.32. The van der Waals surface area contributed by atoms with Crippen molar-refractivity contribution in [3.63, 3.8) is 0 Å². The van der Waals surface area contributed by atoms with Crippen LogP contribution in [-0.4, -0.2) is 66.7 Å². The Morgan fingerprint density at radius 1 is 1.21 bits per heavy atom. The number of morpholine rings is 1. The third-order valence-electron chi connectivity index (χ3n) is 5.54. The number of aromatic nitrogens is 3. The lowest BCUT2D eigenvalue weighted by molar-refractivity contribution is -0.115. The van der Waals surface area contributed by atoms with Gasteiger partial charge in [-0.3, -0.25) is 4.79 Å². The first-order valence-electron chi connectivity index (χ1n) is 10.5. The number of amides is 1. The van der Waals surface area contributed by atoms with Gasteiger partial charge in [-0.05, 0) is 23.8 Å². The molecular weight excluding hydrogens is 464 g/mol. The maximum Gasteiger partial charge on any atom is 0.243 e. The summed E-state index contributed by atoms with van der Waals surface area (Å²) in [6, 6.07) is 10.4. The van der Waals surface area contributed by atoms with Gasteiger partial charge in [-0.1, -0.05) is 29.5 Å². The Morgan fingerprint density at radius 2 is 2.06 bits per heavy atom. The number of carbonyl (C=O) groups is 1. The Hall–Kier alpha value is -2.93. The first-order chi connectivity index (χ1) is 16.0. The van der Waals surface area contributed by atoms with E-state index in [4.69, 9.17) is 4.74 Å². The zero-order chi connectivity index (χ0) is 22.8. The summed E-state index contributed by atoms with van der Waals surface area (Å²) < 4.78 is 32.4. The van der Waals surface area contributed by atoms with Gasteiger partial charge < -0.3 is 15.4 Å². The Bertz CT molecular complexity index is 1270. The molecule has 2 aromatic heterocycles. The number of nitrogens with one attached hydrogen (secondary N) is 2. The van der Waals surface area contributed by atoms with Crippen molar-refractivity contribution in [2.75, 3.05) is 43.5 Å². The monoisotopic (exact) mass is 486 g/mol. The average Bonchev–Trinajstić information content (AvgIpc) is 3.46. The fourth-order valence-electron chi connectivity index (χ4n) is 3.90. The Kier molecular flexibility index (Phi) is 6.06. The van der Waals surface area contributed by atoms with E-state index in [1.165, 1.54) is 15.6 Å². The summed E-state index contributed by atoms with van der Waals surface area (Å²) in [7, 11) is -3.62. The van der Waals surface area contributed by atoms with E-state index in [-0.39, 0.29) is 23.1 Å². The maximum atomic E-state index is 12.9. The Morgan fingerprint density at radius 3 is 2.91 bits per heavy atom. The van der Waals surface area contributed by atoms with Gasteiger partial charge in [0.15, 0.2) is 0 Å². The molecule has 172 valence electrons. The SMILES string of the molecule is O=C(Cc1cccc(S(=O)(=O)N2CCOCC2)c1)Nc1nnc(C2CNc3ncccc32)s1. The minimum absolute atomic E-state index is 0.0269. The highest BCUT2D eigenvalue weighted by molar-refractivity contribution is 7.89. The zero-order valence-electron chi connectivity index (χ0n) is 17.6. The highest BCUT2D eigenvalue weighted by atomic mass is 32.2. The molecule has 1 unspecified atom stereocenters. The summed E-state index contributed by atoms with van der Waals surface area (Å²) in [6.45, 7) is 2.08. The van der Waals surface area contributed by atoms with E-state index >= 15 is 0 Å². The fourth-order valence-corrected chi connectivity index (χ4v) is 6.26. The molecule has 1 fully saturated rings. The van der Waals surface area contributed by atoms with Crippen molar-refractivity contribution < 1.29 is 17.9 Å². The van der Waals surface area contributed by atoms with E-state index in [1.807, 2.05) is 12.1 Å². The predicted octanol–water partition coefficient (Wildman–Crippen LogP) is 1.69. The number of pyridine rings is 1. The van der Waals surface area contributed by atoms with Crippen LogP contribution in [0.3, 0.4) is 0 Å². The number of fused-ring (bicyclic) bond motifs is 1. The second kappa shape index (κ2) is 9.14. The molecule has 0 saturated carbocycles. The van der Waals surface area contributed by atoms with E-state index in [2.05, 4.69) is 25.8 Å². The standard InChI is InChI=1S/C21H22N6O4S2/c28-18(12-14-3-1-4-15(11-14)33(29,30)27-7-9-31-10-8-27)24-21-26-25-20(32-21)17-13-23-19-16(17)5-2-6-22-19/h1-6,11,17H,7-10,12-13H2,(H,22,23)(H,24,26,28). The summed E-state index contributed by atoms with van der Waals surface area (Å²) in [6.07, 6.45) is 1.76. The van der Waals surface area contributed by atoms with Crippen LogP contribution >= 0.6 is 11.3 Å².